The lowest BCUT2D eigenvalue weighted by molar-refractivity contribution is 0.0824. The van der Waals surface area contributed by atoms with Crippen LogP contribution in [0, 0.1) is 0 Å². The molecule has 0 spiro atoms. The molecule has 3 rings (SSSR count). The molecule has 0 aliphatic heterocycles. The Labute approximate surface area is 148 Å². The molecule has 0 radical (unpaired) electrons. The number of rotatable bonds is 6. The van der Waals surface area contributed by atoms with Gasteiger partial charge in [-0.2, -0.15) is 4.98 Å². The van der Waals surface area contributed by atoms with E-state index in [1.165, 1.54) is 23.2 Å². The van der Waals surface area contributed by atoms with E-state index in [0.29, 0.717) is 12.5 Å². The van der Waals surface area contributed by atoms with Gasteiger partial charge in [0.05, 0.1) is 19.3 Å². The average Bonchev–Trinajstić information content (AvgIpc) is 3.02. The quantitative estimate of drug-likeness (QED) is 0.541. The number of nitrogens with zero attached hydrogens (tertiary/aromatic N) is 4. The van der Waals surface area contributed by atoms with Crippen molar-refractivity contribution >= 4 is 17.1 Å². The number of aliphatic hydroxyl groups excluding tert-OH is 2. The summed E-state index contributed by atoms with van der Waals surface area (Å²) in [6.45, 7) is -0.0326. The predicted molar refractivity (Wildman–Crippen MR) is 97.1 cm³/mol. The summed E-state index contributed by atoms with van der Waals surface area (Å²) >= 11 is 0. The van der Waals surface area contributed by atoms with Crippen molar-refractivity contribution in [3.63, 3.8) is 0 Å². The zero-order chi connectivity index (χ0) is 18.8. The molecule has 0 bridgehead atoms. The van der Waals surface area contributed by atoms with Crippen LogP contribution < -0.4 is 16.6 Å². The van der Waals surface area contributed by atoms with Crippen LogP contribution in [0.4, 0.5) is 5.95 Å². The van der Waals surface area contributed by atoms with E-state index in [9.17, 15) is 19.8 Å². The number of aryl methyl sites for hydroxylation is 1. The molecule has 0 unspecified atom stereocenters. The van der Waals surface area contributed by atoms with Crippen LogP contribution in [0.25, 0.3) is 11.2 Å². The number of aromatic nitrogens is 4. The van der Waals surface area contributed by atoms with Crippen LogP contribution >= 0.6 is 0 Å². The Morgan fingerprint density at radius 3 is 2.50 bits per heavy atom. The Hall–Kier alpha value is -2.91. The van der Waals surface area contributed by atoms with Gasteiger partial charge in [0.2, 0.25) is 5.95 Å². The predicted octanol–water partition coefficient (Wildman–Crippen LogP) is -0.601. The van der Waals surface area contributed by atoms with Gasteiger partial charge in [0.25, 0.3) is 5.56 Å². The topological polar surface area (TPSA) is 114 Å². The number of imidazole rings is 1. The highest BCUT2D eigenvalue weighted by Crippen LogP contribution is 2.17. The molecule has 0 saturated heterocycles. The van der Waals surface area contributed by atoms with Crippen molar-refractivity contribution in [3.8, 4) is 0 Å². The van der Waals surface area contributed by atoms with Gasteiger partial charge in [0.15, 0.2) is 11.2 Å². The second-order valence-corrected chi connectivity index (χ2v) is 6.10. The largest absolute Gasteiger partial charge is 0.394 e. The summed E-state index contributed by atoms with van der Waals surface area (Å²) in [5.41, 5.74) is 0.435. The standard InChI is InChI=1S/C17H21N5O4/c1-20-14-13(15(25)21(2)17(20)26)22(9-12(24)10-23)16(19-14)18-8-11-6-4-3-5-7-11/h3-7,12,23-24H,8-10H2,1-2H3,(H,18,19)/t12-/m0/s1. The van der Waals surface area contributed by atoms with Gasteiger partial charge in [-0.25, -0.2) is 4.79 Å². The molecule has 0 aliphatic carbocycles. The van der Waals surface area contributed by atoms with Crippen LogP contribution in [0.3, 0.4) is 0 Å². The number of fused-ring (bicyclic) bond motifs is 1. The molecule has 1 atom stereocenters. The number of aliphatic hydroxyl groups is 2. The maximum Gasteiger partial charge on any atom is 0.332 e. The Kier molecular flexibility index (Phi) is 4.92. The first kappa shape index (κ1) is 17.9. The van der Waals surface area contributed by atoms with Crippen LogP contribution in [-0.4, -0.2) is 41.6 Å². The first-order chi connectivity index (χ1) is 12.4. The van der Waals surface area contributed by atoms with Gasteiger partial charge < -0.3 is 20.1 Å². The molecule has 26 heavy (non-hydrogen) atoms. The molecule has 0 fully saturated rings. The Morgan fingerprint density at radius 1 is 1.15 bits per heavy atom. The van der Waals surface area contributed by atoms with Crippen LogP contribution in [0.5, 0.6) is 0 Å². The van der Waals surface area contributed by atoms with Gasteiger partial charge in [-0.1, -0.05) is 30.3 Å². The van der Waals surface area contributed by atoms with E-state index in [0.717, 1.165) is 10.1 Å². The molecule has 1 aromatic carbocycles. The number of benzene rings is 1. The normalized spacial score (nSPS) is 12.5. The lowest BCUT2D eigenvalue weighted by atomic mass is 10.2. The number of hydrogen-bond donors (Lipinski definition) is 3. The fraction of sp³-hybridized carbons (Fsp3) is 0.353. The lowest BCUT2D eigenvalue weighted by Gasteiger charge is -2.13. The highest BCUT2D eigenvalue weighted by atomic mass is 16.3. The second kappa shape index (κ2) is 7.14. The summed E-state index contributed by atoms with van der Waals surface area (Å²) < 4.78 is 3.78. The zero-order valence-corrected chi connectivity index (χ0v) is 14.6. The smallest absolute Gasteiger partial charge is 0.332 e. The van der Waals surface area contributed by atoms with E-state index in [-0.39, 0.29) is 17.7 Å². The summed E-state index contributed by atoms with van der Waals surface area (Å²) in [7, 11) is 2.92. The van der Waals surface area contributed by atoms with E-state index < -0.39 is 24.0 Å². The minimum absolute atomic E-state index is 0.0302. The molecule has 0 saturated carbocycles. The maximum atomic E-state index is 12.6. The first-order valence-electron chi connectivity index (χ1n) is 8.17. The van der Waals surface area contributed by atoms with Gasteiger partial charge in [-0.3, -0.25) is 13.9 Å². The fourth-order valence-electron chi connectivity index (χ4n) is 2.80. The highest BCUT2D eigenvalue weighted by molar-refractivity contribution is 5.74. The van der Waals surface area contributed by atoms with Crippen LogP contribution in [0.1, 0.15) is 5.56 Å². The van der Waals surface area contributed by atoms with Crippen molar-refractivity contribution in [3.05, 3.63) is 56.7 Å². The van der Waals surface area contributed by atoms with E-state index in [4.69, 9.17) is 0 Å². The first-order valence-corrected chi connectivity index (χ1v) is 8.17. The number of hydrogen-bond acceptors (Lipinski definition) is 6. The van der Waals surface area contributed by atoms with Crippen molar-refractivity contribution in [2.45, 2.75) is 19.2 Å². The van der Waals surface area contributed by atoms with Crippen molar-refractivity contribution in [2.75, 3.05) is 11.9 Å². The third-order valence-corrected chi connectivity index (χ3v) is 4.25. The number of nitrogens with one attached hydrogen (secondary N) is 1. The Bertz CT molecular complexity index is 1040. The summed E-state index contributed by atoms with van der Waals surface area (Å²) in [5, 5.41) is 22.2. The van der Waals surface area contributed by atoms with Gasteiger partial charge in [0, 0.05) is 20.6 Å². The van der Waals surface area contributed by atoms with Crippen molar-refractivity contribution in [2.24, 2.45) is 14.1 Å². The van der Waals surface area contributed by atoms with E-state index in [1.54, 1.807) is 0 Å². The van der Waals surface area contributed by atoms with Gasteiger partial charge in [-0.05, 0) is 5.56 Å². The van der Waals surface area contributed by atoms with Crippen LogP contribution in [-0.2, 0) is 27.2 Å². The summed E-state index contributed by atoms with van der Waals surface area (Å²) in [4.78, 5) is 29.1. The summed E-state index contributed by atoms with van der Waals surface area (Å²) in [6, 6.07) is 9.62. The van der Waals surface area contributed by atoms with Gasteiger partial charge in [-0.15, -0.1) is 0 Å². The molecular weight excluding hydrogens is 338 g/mol. The molecule has 3 aromatic rings. The molecule has 0 aliphatic rings. The fourth-order valence-corrected chi connectivity index (χ4v) is 2.80. The average molecular weight is 359 g/mol. The Balaban J connectivity index is 2.13. The summed E-state index contributed by atoms with van der Waals surface area (Å²) in [6.07, 6.45) is -1.06. The third kappa shape index (κ3) is 3.14. The maximum absolute atomic E-state index is 12.6. The molecule has 9 heteroatoms. The van der Waals surface area contributed by atoms with Crippen molar-refractivity contribution in [1.82, 2.24) is 18.7 Å². The lowest BCUT2D eigenvalue weighted by Crippen LogP contribution is -2.38. The summed E-state index contributed by atoms with van der Waals surface area (Å²) in [5.74, 6) is 0.342. The molecule has 9 nitrogen and oxygen atoms in total. The molecule has 0 amide bonds. The molecule has 138 valence electrons. The van der Waals surface area contributed by atoms with E-state index in [2.05, 4.69) is 10.3 Å². The highest BCUT2D eigenvalue weighted by Gasteiger charge is 2.20. The van der Waals surface area contributed by atoms with E-state index in [1.807, 2.05) is 30.3 Å². The second-order valence-electron chi connectivity index (χ2n) is 6.10. The SMILES string of the molecule is Cn1c(=O)c2c(nc(NCc3ccccc3)n2C[C@H](O)CO)n(C)c1=O. The minimum Gasteiger partial charge on any atom is -0.394 e. The van der Waals surface area contributed by atoms with Gasteiger partial charge in [0.1, 0.15) is 0 Å². The molecular formula is C17H21N5O4. The van der Waals surface area contributed by atoms with Crippen molar-refractivity contribution < 1.29 is 10.2 Å². The van der Waals surface area contributed by atoms with Gasteiger partial charge >= 0.3 is 5.69 Å². The van der Waals surface area contributed by atoms with Crippen LogP contribution in [0.2, 0.25) is 0 Å². The molecule has 2 heterocycles. The molecule has 2 aromatic heterocycles. The zero-order valence-electron chi connectivity index (χ0n) is 14.6. The monoisotopic (exact) mass is 359 g/mol. The Morgan fingerprint density at radius 2 is 1.85 bits per heavy atom. The van der Waals surface area contributed by atoms with Crippen molar-refractivity contribution in [1.29, 1.82) is 0 Å². The number of anilines is 1. The molecule has 3 N–H and O–H groups in total. The minimum atomic E-state index is -1.06. The van der Waals surface area contributed by atoms with Crippen LogP contribution in [0.15, 0.2) is 39.9 Å². The third-order valence-electron chi connectivity index (χ3n) is 4.25. The van der Waals surface area contributed by atoms with E-state index >= 15 is 0 Å².